The molecular weight excluding hydrogens is 265 g/mol. The molecule has 0 aliphatic carbocycles. The number of hydrogen-bond acceptors (Lipinski definition) is 2. The van der Waals surface area contributed by atoms with Crippen LogP contribution in [-0.2, 0) is 5.54 Å². The maximum Gasteiger partial charge on any atom is 0.124 e. The molecule has 0 aromatic heterocycles. The van der Waals surface area contributed by atoms with Crippen LogP contribution in [0.4, 0.5) is 4.39 Å². The largest absolute Gasteiger partial charge is 0.496 e. The maximum atomic E-state index is 13.4. The molecule has 0 aliphatic rings. The van der Waals surface area contributed by atoms with Gasteiger partial charge < -0.3 is 10.5 Å². The molecule has 2 aromatic rings. The molecule has 0 amide bonds. The fourth-order valence-corrected chi connectivity index (χ4v) is 2.43. The normalized spacial score (nSPS) is 13.9. The Morgan fingerprint density at radius 1 is 1.16 bits per heavy atom. The summed E-state index contributed by atoms with van der Waals surface area (Å²) < 4.78 is 18.7. The van der Waals surface area contributed by atoms with E-state index in [0.29, 0.717) is 16.3 Å². The lowest BCUT2D eigenvalue weighted by Crippen LogP contribution is -2.35. The summed E-state index contributed by atoms with van der Waals surface area (Å²) in [6.07, 6.45) is 0. The van der Waals surface area contributed by atoms with E-state index in [1.165, 1.54) is 18.2 Å². The van der Waals surface area contributed by atoms with Crippen LogP contribution in [0.25, 0.3) is 0 Å². The molecule has 2 N–H and O–H groups in total. The summed E-state index contributed by atoms with van der Waals surface area (Å²) in [5.41, 5.74) is 6.72. The number of nitrogens with two attached hydrogens (primary N) is 1. The van der Waals surface area contributed by atoms with Crippen LogP contribution in [0.5, 0.6) is 5.75 Å². The third-order valence-corrected chi connectivity index (χ3v) is 3.48. The Kier molecular flexibility index (Phi) is 3.78. The molecule has 2 aromatic carbocycles. The first-order valence-corrected chi connectivity index (χ1v) is 6.22. The molecule has 0 radical (unpaired) electrons. The number of hydrogen-bond donors (Lipinski definition) is 1. The SMILES string of the molecule is COc1ccccc1C(C)(N)c1cc(F)ccc1Cl. The van der Waals surface area contributed by atoms with E-state index in [-0.39, 0.29) is 5.82 Å². The monoisotopic (exact) mass is 279 g/mol. The van der Waals surface area contributed by atoms with E-state index < -0.39 is 5.54 Å². The number of benzene rings is 2. The second kappa shape index (κ2) is 5.19. The second-order valence-corrected chi connectivity index (χ2v) is 4.93. The van der Waals surface area contributed by atoms with Gasteiger partial charge in [-0.15, -0.1) is 0 Å². The van der Waals surface area contributed by atoms with Crippen LogP contribution in [0.1, 0.15) is 18.1 Å². The molecule has 1 unspecified atom stereocenters. The molecule has 0 spiro atoms. The highest BCUT2D eigenvalue weighted by molar-refractivity contribution is 6.31. The van der Waals surface area contributed by atoms with Gasteiger partial charge >= 0.3 is 0 Å². The van der Waals surface area contributed by atoms with Gasteiger partial charge in [0.25, 0.3) is 0 Å². The number of methoxy groups -OCH3 is 1. The van der Waals surface area contributed by atoms with Gasteiger partial charge in [0, 0.05) is 10.6 Å². The Morgan fingerprint density at radius 2 is 1.84 bits per heavy atom. The van der Waals surface area contributed by atoms with Gasteiger partial charge in [0.1, 0.15) is 11.6 Å². The Hall–Kier alpha value is -1.58. The van der Waals surface area contributed by atoms with E-state index in [9.17, 15) is 4.39 Å². The quantitative estimate of drug-likeness (QED) is 0.929. The molecular formula is C15H15ClFNO. The first-order valence-electron chi connectivity index (χ1n) is 5.84. The van der Waals surface area contributed by atoms with Gasteiger partial charge in [-0.3, -0.25) is 0 Å². The fourth-order valence-electron chi connectivity index (χ4n) is 2.11. The van der Waals surface area contributed by atoms with Crippen LogP contribution < -0.4 is 10.5 Å². The van der Waals surface area contributed by atoms with Crippen molar-refractivity contribution in [3.8, 4) is 5.75 Å². The van der Waals surface area contributed by atoms with Crippen molar-refractivity contribution in [2.45, 2.75) is 12.5 Å². The van der Waals surface area contributed by atoms with E-state index in [1.807, 2.05) is 24.3 Å². The second-order valence-electron chi connectivity index (χ2n) is 4.53. The zero-order valence-corrected chi connectivity index (χ0v) is 11.5. The third kappa shape index (κ3) is 2.57. The van der Waals surface area contributed by atoms with Crippen molar-refractivity contribution >= 4 is 11.6 Å². The maximum absolute atomic E-state index is 13.4. The van der Waals surface area contributed by atoms with Crippen LogP contribution in [0.3, 0.4) is 0 Å². The van der Waals surface area contributed by atoms with Crippen LogP contribution in [-0.4, -0.2) is 7.11 Å². The molecule has 0 heterocycles. The molecule has 19 heavy (non-hydrogen) atoms. The van der Waals surface area contributed by atoms with Gasteiger partial charge in [0.05, 0.1) is 12.6 Å². The highest BCUT2D eigenvalue weighted by atomic mass is 35.5. The summed E-state index contributed by atoms with van der Waals surface area (Å²) in [5.74, 6) is 0.277. The minimum Gasteiger partial charge on any atom is -0.496 e. The lowest BCUT2D eigenvalue weighted by atomic mass is 9.85. The zero-order valence-electron chi connectivity index (χ0n) is 10.8. The van der Waals surface area contributed by atoms with Gasteiger partial charge in [-0.25, -0.2) is 4.39 Å². The predicted octanol–water partition coefficient (Wildman–Crippen LogP) is 3.71. The minimum absolute atomic E-state index is 0.369. The summed E-state index contributed by atoms with van der Waals surface area (Å²) in [4.78, 5) is 0. The molecule has 2 rings (SSSR count). The Bertz CT molecular complexity index is 598. The van der Waals surface area contributed by atoms with Crippen LogP contribution >= 0.6 is 11.6 Å². The van der Waals surface area contributed by atoms with Crippen molar-refractivity contribution in [2.24, 2.45) is 5.73 Å². The standard InChI is InChI=1S/C15H15ClFNO/c1-15(18,11-5-3-4-6-14(11)19-2)12-9-10(17)7-8-13(12)16/h3-9H,18H2,1-2H3. The summed E-state index contributed by atoms with van der Waals surface area (Å²) in [5, 5.41) is 0.428. The molecule has 100 valence electrons. The summed E-state index contributed by atoms with van der Waals surface area (Å²) in [6, 6.07) is 11.5. The van der Waals surface area contributed by atoms with Crippen molar-refractivity contribution < 1.29 is 9.13 Å². The van der Waals surface area contributed by atoms with Gasteiger partial charge in [-0.05, 0) is 36.8 Å². The van der Waals surface area contributed by atoms with Crippen molar-refractivity contribution in [3.63, 3.8) is 0 Å². The first kappa shape index (κ1) is 13.8. The lowest BCUT2D eigenvalue weighted by Gasteiger charge is -2.28. The minimum atomic E-state index is -0.939. The Balaban J connectivity index is 2.61. The van der Waals surface area contributed by atoms with Gasteiger partial charge in [0.15, 0.2) is 0 Å². The van der Waals surface area contributed by atoms with Gasteiger partial charge in [-0.2, -0.15) is 0 Å². The molecule has 0 bridgehead atoms. The van der Waals surface area contributed by atoms with Crippen molar-refractivity contribution in [1.82, 2.24) is 0 Å². The average Bonchev–Trinajstić information content (AvgIpc) is 2.41. The zero-order chi connectivity index (χ0) is 14.0. The number of para-hydroxylation sites is 1. The van der Waals surface area contributed by atoms with Gasteiger partial charge in [0.2, 0.25) is 0 Å². The van der Waals surface area contributed by atoms with Crippen LogP contribution in [0.2, 0.25) is 5.02 Å². The molecule has 2 nitrogen and oxygen atoms in total. The van der Waals surface area contributed by atoms with E-state index in [1.54, 1.807) is 14.0 Å². The van der Waals surface area contributed by atoms with E-state index in [4.69, 9.17) is 22.1 Å². The Morgan fingerprint density at radius 3 is 2.53 bits per heavy atom. The number of halogens is 2. The van der Waals surface area contributed by atoms with E-state index in [2.05, 4.69) is 0 Å². The summed E-state index contributed by atoms with van der Waals surface area (Å²) >= 11 is 6.14. The smallest absolute Gasteiger partial charge is 0.124 e. The molecule has 1 atom stereocenters. The number of ether oxygens (including phenoxy) is 1. The predicted molar refractivity (Wildman–Crippen MR) is 75.0 cm³/mol. The van der Waals surface area contributed by atoms with Crippen LogP contribution in [0.15, 0.2) is 42.5 Å². The Labute approximate surface area is 117 Å². The van der Waals surface area contributed by atoms with Crippen molar-refractivity contribution in [1.29, 1.82) is 0 Å². The fraction of sp³-hybridized carbons (Fsp3) is 0.200. The topological polar surface area (TPSA) is 35.2 Å². The van der Waals surface area contributed by atoms with Crippen LogP contribution in [0, 0.1) is 5.82 Å². The average molecular weight is 280 g/mol. The highest BCUT2D eigenvalue weighted by Crippen LogP contribution is 2.36. The molecule has 0 aliphatic heterocycles. The third-order valence-electron chi connectivity index (χ3n) is 3.15. The van der Waals surface area contributed by atoms with Crippen molar-refractivity contribution in [3.05, 3.63) is 64.4 Å². The van der Waals surface area contributed by atoms with Gasteiger partial charge in [-0.1, -0.05) is 29.8 Å². The first-order chi connectivity index (χ1) is 8.96. The molecule has 0 saturated carbocycles. The molecule has 4 heteroatoms. The van der Waals surface area contributed by atoms with E-state index >= 15 is 0 Å². The summed E-state index contributed by atoms with van der Waals surface area (Å²) in [7, 11) is 1.57. The number of rotatable bonds is 3. The van der Waals surface area contributed by atoms with E-state index in [0.717, 1.165) is 5.56 Å². The van der Waals surface area contributed by atoms with Crippen molar-refractivity contribution in [2.75, 3.05) is 7.11 Å². The molecule has 0 saturated heterocycles. The molecule has 0 fully saturated rings. The summed E-state index contributed by atoms with van der Waals surface area (Å²) in [6.45, 7) is 1.78. The highest BCUT2D eigenvalue weighted by Gasteiger charge is 2.29. The lowest BCUT2D eigenvalue weighted by molar-refractivity contribution is 0.398.